The van der Waals surface area contributed by atoms with Crippen molar-refractivity contribution in [2.24, 2.45) is 0 Å². The summed E-state index contributed by atoms with van der Waals surface area (Å²) in [5.74, 6) is 1.60. The molecule has 1 fully saturated rings. The van der Waals surface area contributed by atoms with E-state index in [2.05, 4.69) is 22.0 Å². The number of methoxy groups -OCH3 is 1. The molecule has 0 aliphatic carbocycles. The number of ether oxygens (including phenoxy) is 1. The molecule has 0 bridgehead atoms. The van der Waals surface area contributed by atoms with Crippen LogP contribution in [0.3, 0.4) is 0 Å². The van der Waals surface area contributed by atoms with E-state index in [0.717, 1.165) is 54.8 Å². The Morgan fingerprint density at radius 2 is 1.87 bits per heavy atom. The molecule has 1 spiro atoms. The predicted molar refractivity (Wildman–Crippen MR) is 118 cm³/mol. The molecule has 1 atom stereocenters. The average molecular weight is 440 g/mol. The first-order chi connectivity index (χ1) is 15.0. The molecule has 2 aliphatic heterocycles. The third-order valence-electron chi connectivity index (χ3n) is 6.40. The van der Waals surface area contributed by atoms with Gasteiger partial charge in [0.2, 0.25) is 0 Å². The fraction of sp³-hybridized carbons (Fsp3) is 0.455. The molecule has 0 amide bonds. The van der Waals surface area contributed by atoms with Gasteiger partial charge in [-0.15, -0.1) is 11.3 Å². The number of aromatic nitrogens is 4. The van der Waals surface area contributed by atoms with E-state index in [-0.39, 0.29) is 12.0 Å². The third-order valence-corrected chi connectivity index (χ3v) is 7.22. The monoisotopic (exact) mass is 439 g/mol. The molecular weight excluding hydrogens is 414 g/mol. The van der Waals surface area contributed by atoms with Crippen molar-refractivity contribution in [1.29, 1.82) is 0 Å². The van der Waals surface area contributed by atoms with Crippen molar-refractivity contribution in [3.8, 4) is 5.75 Å². The van der Waals surface area contributed by atoms with Crippen LogP contribution in [0.1, 0.15) is 34.9 Å². The first-order valence-corrected chi connectivity index (χ1v) is 11.3. The van der Waals surface area contributed by atoms with Gasteiger partial charge in [0.1, 0.15) is 11.6 Å². The Kier molecular flexibility index (Phi) is 5.02. The van der Waals surface area contributed by atoms with Gasteiger partial charge < -0.3 is 4.74 Å². The number of hydrogen-bond donors (Lipinski definition) is 0. The zero-order chi connectivity index (χ0) is 21.6. The van der Waals surface area contributed by atoms with Crippen LogP contribution >= 0.6 is 11.3 Å². The van der Waals surface area contributed by atoms with Gasteiger partial charge in [-0.2, -0.15) is 5.10 Å². The summed E-state index contributed by atoms with van der Waals surface area (Å²) in [4.78, 5) is 32.2. The largest absolute Gasteiger partial charge is 0.497 e. The van der Waals surface area contributed by atoms with Crippen molar-refractivity contribution >= 4 is 11.3 Å². The van der Waals surface area contributed by atoms with Crippen molar-refractivity contribution in [2.75, 3.05) is 20.2 Å². The standard InChI is InChI=1S/C22H25N5O3S/c1-15-23-17(13-31-15)12-27-20(29)19(28)26-10-8-22(21(26)24-27)7-9-25(14-22)11-16-3-5-18(30-2)6-4-16/h3-6,13H,7-12,14H2,1-2H3/t22-/m0/s1. The van der Waals surface area contributed by atoms with Gasteiger partial charge in [-0.05, 0) is 44.0 Å². The molecule has 2 aromatic heterocycles. The Bertz CT molecular complexity index is 1230. The molecule has 8 nitrogen and oxygen atoms in total. The van der Waals surface area contributed by atoms with Gasteiger partial charge in [0.15, 0.2) is 0 Å². The van der Waals surface area contributed by atoms with Crippen LogP contribution < -0.4 is 15.9 Å². The maximum atomic E-state index is 12.8. The van der Waals surface area contributed by atoms with Crippen LogP contribution in [0, 0.1) is 6.92 Å². The van der Waals surface area contributed by atoms with Crippen molar-refractivity contribution < 1.29 is 4.74 Å². The number of aryl methyl sites for hydroxylation is 1. The molecule has 0 radical (unpaired) electrons. The SMILES string of the molecule is COc1ccc(CN2CC[C@]3(CCn4c3nn(Cc3csc(C)n3)c(=O)c4=O)C2)cc1. The van der Waals surface area contributed by atoms with E-state index >= 15 is 0 Å². The number of nitrogens with zero attached hydrogens (tertiary/aromatic N) is 5. The van der Waals surface area contributed by atoms with Gasteiger partial charge in [-0.1, -0.05) is 12.1 Å². The summed E-state index contributed by atoms with van der Waals surface area (Å²) in [5, 5.41) is 7.55. The van der Waals surface area contributed by atoms with Crippen LogP contribution in [0.5, 0.6) is 5.75 Å². The average Bonchev–Trinajstić information content (AvgIpc) is 3.47. The molecule has 1 aromatic carbocycles. The Morgan fingerprint density at radius 3 is 2.58 bits per heavy atom. The number of benzene rings is 1. The van der Waals surface area contributed by atoms with Crippen molar-refractivity contribution in [2.45, 2.75) is 44.8 Å². The van der Waals surface area contributed by atoms with Crippen molar-refractivity contribution in [3.63, 3.8) is 0 Å². The second kappa shape index (κ2) is 7.72. The molecule has 0 unspecified atom stereocenters. The quantitative estimate of drug-likeness (QED) is 0.564. The topological polar surface area (TPSA) is 82.2 Å². The third kappa shape index (κ3) is 3.61. The van der Waals surface area contributed by atoms with E-state index in [1.54, 1.807) is 11.7 Å². The van der Waals surface area contributed by atoms with E-state index in [4.69, 9.17) is 9.84 Å². The maximum absolute atomic E-state index is 12.8. The minimum atomic E-state index is -0.570. The summed E-state index contributed by atoms with van der Waals surface area (Å²) < 4.78 is 8.15. The molecule has 162 valence electrons. The number of likely N-dealkylation sites (tertiary alicyclic amines) is 1. The first-order valence-electron chi connectivity index (χ1n) is 10.5. The highest BCUT2D eigenvalue weighted by Gasteiger charge is 2.47. The second-order valence-corrected chi connectivity index (χ2v) is 9.50. The lowest BCUT2D eigenvalue weighted by molar-refractivity contribution is 0.297. The molecular formula is C22H25N5O3S. The van der Waals surface area contributed by atoms with E-state index < -0.39 is 11.1 Å². The van der Waals surface area contributed by atoms with Gasteiger partial charge in [0.05, 0.1) is 24.4 Å². The molecule has 0 N–H and O–H groups in total. The van der Waals surface area contributed by atoms with Crippen LogP contribution in [0.15, 0.2) is 39.2 Å². The number of thiazole rings is 1. The molecule has 0 saturated carbocycles. The molecule has 2 aliphatic rings. The minimum Gasteiger partial charge on any atom is -0.497 e. The summed E-state index contributed by atoms with van der Waals surface area (Å²) in [5.41, 5.74) is 0.770. The van der Waals surface area contributed by atoms with Crippen LogP contribution in [-0.4, -0.2) is 44.4 Å². The van der Waals surface area contributed by atoms with Gasteiger partial charge >= 0.3 is 11.1 Å². The van der Waals surface area contributed by atoms with Gasteiger partial charge in [-0.25, -0.2) is 9.67 Å². The molecule has 9 heteroatoms. The molecule has 1 saturated heterocycles. The lowest BCUT2D eigenvalue weighted by Gasteiger charge is -2.24. The Hall–Kier alpha value is -2.78. The fourth-order valence-electron chi connectivity index (χ4n) is 4.78. The highest BCUT2D eigenvalue weighted by atomic mass is 32.1. The number of fused-ring (bicyclic) bond motifs is 2. The normalized spacial score (nSPS) is 20.5. The fourth-order valence-corrected chi connectivity index (χ4v) is 5.39. The second-order valence-electron chi connectivity index (χ2n) is 8.44. The molecule has 3 aromatic rings. The molecule has 4 heterocycles. The number of rotatable bonds is 5. The predicted octanol–water partition coefficient (Wildman–Crippen LogP) is 1.77. The molecule has 5 rings (SSSR count). The highest BCUT2D eigenvalue weighted by Crippen LogP contribution is 2.40. The Labute approximate surface area is 183 Å². The zero-order valence-electron chi connectivity index (χ0n) is 17.7. The van der Waals surface area contributed by atoms with Gasteiger partial charge in [-0.3, -0.25) is 19.1 Å². The van der Waals surface area contributed by atoms with E-state index in [1.807, 2.05) is 24.4 Å². The lowest BCUT2D eigenvalue weighted by atomic mass is 9.85. The van der Waals surface area contributed by atoms with Crippen molar-refractivity contribution in [1.82, 2.24) is 24.2 Å². The van der Waals surface area contributed by atoms with Crippen LogP contribution in [0.2, 0.25) is 0 Å². The van der Waals surface area contributed by atoms with Gasteiger partial charge in [0, 0.05) is 30.4 Å². The van der Waals surface area contributed by atoms with Gasteiger partial charge in [0.25, 0.3) is 0 Å². The Balaban J connectivity index is 1.41. The zero-order valence-corrected chi connectivity index (χ0v) is 18.5. The summed E-state index contributed by atoms with van der Waals surface area (Å²) in [7, 11) is 1.67. The number of hydrogen-bond acceptors (Lipinski definition) is 7. The highest BCUT2D eigenvalue weighted by molar-refractivity contribution is 7.09. The molecule has 31 heavy (non-hydrogen) atoms. The smallest absolute Gasteiger partial charge is 0.332 e. The summed E-state index contributed by atoms with van der Waals surface area (Å²) in [6.45, 7) is 5.33. The van der Waals surface area contributed by atoms with E-state index in [9.17, 15) is 9.59 Å². The minimum absolute atomic E-state index is 0.181. The van der Waals surface area contributed by atoms with Crippen LogP contribution in [-0.2, 0) is 25.0 Å². The Morgan fingerprint density at radius 1 is 1.10 bits per heavy atom. The summed E-state index contributed by atoms with van der Waals surface area (Å²) in [6.07, 6.45) is 1.78. The van der Waals surface area contributed by atoms with E-state index in [1.165, 1.54) is 21.6 Å². The first kappa shape index (κ1) is 20.1. The van der Waals surface area contributed by atoms with Crippen LogP contribution in [0.25, 0.3) is 0 Å². The van der Waals surface area contributed by atoms with E-state index in [0.29, 0.717) is 6.54 Å². The lowest BCUT2D eigenvalue weighted by Crippen LogP contribution is -2.45. The maximum Gasteiger partial charge on any atom is 0.332 e. The van der Waals surface area contributed by atoms with Crippen LogP contribution in [0.4, 0.5) is 0 Å². The summed E-state index contributed by atoms with van der Waals surface area (Å²) >= 11 is 1.53. The van der Waals surface area contributed by atoms with Crippen molar-refractivity contribution in [3.05, 3.63) is 72.4 Å². The summed E-state index contributed by atoms with van der Waals surface area (Å²) in [6, 6.07) is 8.13.